The standard InChI is InChI=1S/C37H37N5O4S/c1-47(45)36-38-33-24-40(34-22-30(21-28-14-8-9-15-31(28)34)46-25-27-12-6-3-7-13-27)17-16-32(33)35(39-36)41-18-19-42(37(43)44)29(23-41)20-26-10-4-2-5-11-26/h2-15,21-22,29H,16-20,23-25H2,1H3,(H,43,44). The van der Waals surface area contributed by atoms with Gasteiger partial charge in [-0.2, -0.15) is 0 Å². The molecule has 4 aromatic carbocycles. The normalized spacial score (nSPS) is 17.0. The van der Waals surface area contributed by atoms with Gasteiger partial charge in [-0.05, 0) is 35.4 Å². The van der Waals surface area contributed by atoms with Gasteiger partial charge < -0.3 is 24.5 Å². The summed E-state index contributed by atoms with van der Waals surface area (Å²) in [6.07, 6.45) is 2.00. The van der Waals surface area contributed by atoms with Gasteiger partial charge >= 0.3 is 6.09 Å². The van der Waals surface area contributed by atoms with Crippen LogP contribution in [0.1, 0.15) is 22.4 Å². The molecule has 9 nitrogen and oxygen atoms in total. The van der Waals surface area contributed by atoms with Crippen molar-refractivity contribution in [1.29, 1.82) is 0 Å². The maximum absolute atomic E-state index is 12.8. The molecule has 5 aromatic rings. The zero-order valence-corrected chi connectivity index (χ0v) is 27.1. The number of fused-ring (bicyclic) bond motifs is 2. The Morgan fingerprint density at radius 3 is 2.36 bits per heavy atom. The Labute approximate surface area is 276 Å². The van der Waals surface area contributed by atoms with Crippen molar-refractivity contribution in [3.05, 3.63) is 119 Å². The monoisotopic (exact) mass is 647 g/mol. The molecule has 3 heterocycles. The Morgan fingerprint density at radius 2 is 1.62 bits per heavy atom. The Morgan fingerprint density at radius 1 is 0.894 bits per heavy atom. The molecular weight excluding hydrogens is 611 g/mol. The van der Waals surface area contributed by atoms with Crippen LogP contribution in [-0.4, -0.2) is 68.8 Å². The van der Waals surface area contributed by atoms with E-state index in [1.54, 1.807) is 6.26 Å². The van der Waals surface area contributed by atoms with Crippen LogP contribution in [0.15, 0.2) is 102 Å². The fourth-order valence-corrected chi connectivity index (χ4v) is 7.15. The Balaban J connectivity index is 1.20. The minimum Gasteiger partial charge on any atom is -0.489 e. The number of aromatic nitrogens is 2. The van der Waals surface area contributed by atoms with Gasteiger partial charge in [0.25, 0.3) is 0 Å². The average molecular weight is 648 g/mol. The molecule has 0 bridgehead atoms. The van der Waals surface area contributed by atoms with E-state index >= 15 is 0 Å². The van der Waals surface area contributed by atoms with Gasteiger partial charge in [-0.25, -0.2) is 14.8 Å². The number of ether oxygens (including phenoxy) is 1. The van der Waals surface area contributed by atoms with E-state index in [1.807, 2.05) is 54.6 Å². The summed E-state index contributed by atoms with van der Waals surface area (Å²) in [5.74, 6) is 1.57. The minimum absolute atomic E-state index is 0.241. The summed E-state index contributed by atoms with van der Waals surface area (Å²) in [5, 5.41) is 12.5. The summed E-state index contributed by atoms with van der Waals surface area (Å²) in [6.45, 7) is 3.12. The number of carboxylic acid groups (broad SMARTS) is 1. The number of piperazine rings is 1. The molecule has 47 heavy (non-hydrogen) atoms. The van der Waals surface area contributed by atoms with Crippen LogP contribution in [0.25, 0.3) is 10.8 Å². The fourth-order valence-electron chi connectivity index (χ4n) is 6.69. The topological polar surface area (TPSA) is 99.1 Å². The predicted molar refractivity (Wildman–Crippen MR) is 185 cm³/mol. The van der Waals surface area contributed by atoms with Crippen molar-refractivity contribution in [3.8, 4) is 5.75 Å². The first-order chi connectivity index (χ1) is 22.9. The van der Waals surface area contributed by atoms with Gasteiger partial charge in [0, 0.05) is 55.1 Å². The second-order valence-corrected chi connectivity index (χ2v) is 13.4. The van der Waals surface area contributed by atoms with Crippen LogP contribution < -0.4 is 14.5 Å². The Hall–Kier alpha value is -4.96. The summed E-state index contributed by atoms with van der Waals surface area (Å²) in [4.78, 5) is 27.9. The highest BCUT2D eigenvalue weighted by molar-refractivity contribution is 7.84. The van der Waals surface area contributed by atoms with Crippen LogP contribution in [0.2, 0.25) is 0 Å². The molecular formula is C37H37N5O4S. The first-order valence-electron chi connectivity index (χ1n) is 15.9. The van der Waals surface area contributed by atoms with Gasteiger partial charge in [0.1, 0.15) is 18.2 Å². The highest BCUT2D eigenvalue weighted by Gasteiger charge is 2.34. The molecule has 1 aromatic heterocycles. The van der Waals surface area contributed by atoms with Gasteiger partial charge in [-0.1, -0.05) is 84.9 Å². The third-order valence-corrected chi connectivity index (χ3v) is 9.72. The number of rotatable bonds is 8. The van der Waals surface area contributed by atoms with Crippen molar-refractivity contribution < 1.29 is 18.8 Å². The fraction of sp³-hybridized carbons (Fsp3) is 0.270. The van der Waals surface area contributed by atoms with Crippen LogP contribution in [0.4, 0.5) is 16.3 Å². The van der Waals surface area contributed by atoms with E-state index in [0.29, 0.717) is 50.8 Å². The number of hydrogen-bond donors (Lipinski definition) is 1. The Kier molecular flexibility index (Phi) is 8.76. The van der Waals surface area contributed by atoms with Gasteiger partial charge in [0.15, 0.2) is 0 Å². The van der Waals surface area contributed by atoms with Crippen LogP contribution in [-0.2, 0) is 36.8 Å². The summed E-state index contributed by atoms with van der Waals surface area (Å²) in [5.41, 5.74) is 5.15. The van der Waals surface area contributed by atoms with Gasteiger partial charge in [-0.3, -0.25) is 4.21 Å². The molecule has 0 radical (unpaired) electrons. The van der Waals surface area contributed by atoms with E-state index < -0.39 is 16.9 Å². The third kappa shape index (κ3) is 6.64. The predicted octanol–water partition coefficient (Wildman–Crippen LogP) is 5.92. The van der Waals surface area contributed by atoms with Gasteiger partial charge in [0.2, 0.25) is 5.16 Å². The summed E-state index contributed by atoms with van der Waals surface area (Å²) < 4.78 is 19.1. The first kappa shape index (κ1) is 30.7. The van der Waals surface area contributed by atoms with E-state index in [0.717, 1.165) is 57.0 Å². The van der Waals surface area contributed by atoms with E-state index in [9.17, 15) is 14.1 Å². The molecule has 1 fully saturated rings. The lowest BCUT2D eigenvalue weighted by Gasteiger charge is -2.42. The second-order valence-electron chi connectivity index (χ2n) is 12.1. The maximum Gasteiger partial charge on any atom is 0.407 e. The van der Waals surface area contributed by atoms with Crippen LogP contribution in [0, 0.1) is 0 Å². The molecule has 240 valence electrons. The molecule has 10 heteroatoms. The lowest BCUT2D eigenvalue weighted by atomic mass is 9.99. The molecule has 2 atom stereocenters. The summed E-state index contributed by atoms with van der Waals surface area (Å²) >= 11 is 0. The molecule has 0 spiro atoms. The lowest BCUT2D eigenvalue weighted by molar-refractivity contribution is 0.117. The van der Waals surface area contributed by atoms with E-state index in [4.69, 9.17) is 14.7 Å². The van der Waals surface area contributed by atoms with Gasteiger partial charge in [-0.15, -0.1) is 0 Å². The Bertz CT molecular complexity index is 1920. The quantitative estimate of drug-likeness (QED) is 0.207. The molecule has 0 aliphatic carbocycles. The smallest absolute Gasteiger partial charge is 0.407 e. The van der Waals surface area contributed by atoms with E-state index in [2.05, 4.69) is 52.3 Å². The number of amides is 1. The van der Waals surface area contributed by atoms with Crippen molar-refractivity contribution in [2.24, 2.45) is 0 Å². The van der Waals surface area contributed by atoms with Crippen LogP contribution in [0.3, 0.4) is 0 Å². The molecule has 1 amide bonds. The molecule has 1 saturated heterocycles. The molecule has 7 rings (SSSR count). The summed E-state index contributed by atoms with van der Waals surface area (Å²) in [7, 11) is -1.39. The summed E-state index contributed by atoms with van der Waals surface area (Å²) in [6, 6.07) is 32.4. The molecule has 2 unspecified atom stereocenters. The van der Waals surface area contributed by atoms with Crippen molar-refractivity contribution in [3.63, 3.8) is 0 Å². The number of carbonyl (C=O) groups is 1. The highest BCUT2D eigenvalue weighted by Crippen LogP contribution is 2.37. The molecule has 0 saturated carbocycles. The van der Waals surface area contributed by atoms with E-state index in [-0.39, 0.29) is 6.04 Å². The third-order valence-electron chi connectivity index (χ3n) is 9.02. The number of benzene rings is 4. The number of anilines is 2. The minimum atomic E-state index is -1.39. The largest absolute Gasteiger partial charge is 0.489 e. The van der Waals surface area contributed by atoms with Crippen LogP contribution >= 0.6 is 0 Å². The van der Waals surface area contributed by atoms with Crippen molar-refractivity contribution in [2.45, 2.75) is 37.2 Å². The lowest BCUT2D eigenvalue weighted by Crippen LogP contribution is -2.56. The van der Waals surface area contributed by atoms with Gasteiger partial charge in [0.05, 0.1) is 29.1 Å². The second kappa shape index (κ2) is 13.4. The van der Waals surface area contributed by atoms with Crippen LogP contribution in [0.5, 0.6) is 5.75 Å². The number of nitrogens with zero attached hydrogens (tertiary/aromatic N) is 5. The van der Waals surface area contributed by atoms with Crippen molar-refractivity contribution in [2.75, 3.05) is 42.2 Å². The molecule has 2 aliphatic heterocycles. The average Bonchev–Trinajstić information content (AvgIpc) is 3.10. The zero-order chi connectivity index (χ0) is 32.3. The zero-order valence-electron chi connectivity index (χ0n) is 26.3. The number of hydrogen-bond acceptors (Lipinski definition) is 7. The molecule has 2 aliphatic rings. The molecule has 1 N–H and O–H groups in total. The first-order valence-corrected chi connectivity index (χ1v) is 17.4. The SMILES string of the molecule is CS(=O)c1nc2c(c(N3CCN(C(=O)O)C(Cc4ccccc4)C3)n1)CCN(c1cc(OCc3ccccc3)cc3ccccc13)C2. The van der Waals surface area contributed by atoms with Crippen molar-refractivity contribution >= 4 is 39.2 Å². The maximum atomic E-state index is 12.8. The highest BCUT2D eigenvalue weighted by atomic mass is 32.2. The van der Waals surface area contributed by atoms with E-state index in [1.165, 1.54) is 4.90 Å². The van der Waals surface area contributed by atoms with Crippen molar-refractivity contribution in [1.82, 2.24) is 14.9 Å².